The summed E-state index contributed by atoms with van der Waals surface area (Å²) < 4.78 is 10.3. The molecule has 23 heavy (non-hydrogen) atoms. The second kappa shape index (κ2) is 5.75. The van der Waals surface area contributed by atoms with Crippen molar-refractivity contribution in [3.63, 3.8) is 0 Å². The molecule has 0 saturated heterocycles. The van der Waals surface area contributed by atoms with E-state index in [0.717, 1.165) is 5.56 Å². The van der Waals surface area contributed by atoms with E-state index < -0.39 is 0 Å². The summed E-state index contributed by atoms with van der Waals surface area (Å²) >= 11 is 0. The Bertz CT molecular complexity index is 762. The van der Waals surface area contributed by atoms with Gasteiger partial charge < -0.3 is 19.9 Å². The summed E-state index contributed by atoms with van der Waals surface area (Å²) in [5.74, 6) is 0.671. The summed E-state index contributed by atoms with van der Waals surface area (Å²) in [7, 11) is 0. The van der Waals surface area contributed by atoms with E-state index in [9.17, 15) is 9.59 Å². The zero-order valence-electron chi connectivity index (χ0n) is 13.1. The number of hydrogen-bond donors (Lipinski definition) is 2. The Balaban J connectivity index is 1.78. The highest BCUT2D eigenvalue weighted by molar-refractivity contribution is 5.97. The quantitative estimate of drug-likeness (QED) is 0.905. The summed E-state index contributed by atoms with van der Waals surface area (Å²) in [5.41, 5.74) is 2.47. The lowest BCUT2D eigenvalue weighted by Gasteiger charge is -2.21. The third-order valence-corrected chi connectivity index (χ3v) is 3.74. The summed E-state index contributed by atoms with van der Waals surface area (Å²) in [6, 6.07) is 5.18. The number of nitrogens with one attached hydrogen (secondary N) is 2. The molecule has 1 aliphatic rings. The van der Waals surface area contributed by atoms with E-state index in [1.807, 2.05) is 13.0 Å². The van der Waals surface area contributed by atoms with Gasteiger partial charge in [-0.1, -0.05) is 11.2 Å². The molecular formula is C16H17N3O4. The van der Waals surface area contributed by atoms with Crippen LogP contribution in [0.15, 0.2) is 22.7 Å². The number of carbonyl (C=O) groups excluding carboxylic acids is 2. The van der Waals surface area contributed by atoms with Crippen LogP contribution >= 0.6 is 0 Å². The first-order chi connectivity index (χ1) is 11.0. The zero-order valence-corrected chi connectivity index (χ0v) is 13.1. The van der Waals surface area contributed by atoms with Crippen molar-refractivity contribution >= 4 is 17.5 Å². The maximum Gasteiger partial charge on any atom is 0.262 e. The number of nitrogens with zero attached hydrogens (tertiary/aromatic N) is 1. The fourth-order valence-electron chi connectivity index (χ4n) is 2.53. The smallest absolute Gasteiger partial charge is 0.262 e. The van der Waals surface area contributed by atoms with Crippen molar-refractivity contribution in [1.29, 1.82) is 0 Å². The van der Waals surface area contributed by atoms with Crippen LogP contribution in [0, 0.1) is 13.8 Å². The van der Waals surface area contributed by atoms with Crippen LogP contribution in [0.3, 0.4) is 0 Å². The van der Waals surface area contributed by atoms with E-state index in [0.29, 0.717) is 28.5 Å². The topological polar surface area (TPSA) is 93.5 Å². The van der Waals surface area contributed by atoms with Crippen LogP contribution in [0.5, 0.6) is 5.75 Å². The second-order valence-corrected chi connectivity index (χ2v) is 5.49. The van der Waals surface area contributed by atoms with Crippen molar-refractivity contribution in [3.8, 4) is 5.75 Å². The molecule has 1 aromatic carbocycles. The van der Waals surface area contributed by atoms with Gasteiger partial charge in [0.25, 0.3) is 11.8 Å². The van der Waals surface area contributed by atoms with Crippen molar-refractivity contribution in [2.24, 2.45) is 0 Å². The van der Waals surface area contributed by atoms with Gasteiger partial charge in [0, 0.05) is 0 Å². The van der Waals surface area contributed by atoms with Gasteiger partial charge in [-0.15, -0.1) is 0 Å². The van der Waals surface area contributed by atoms with Crippen molar-refractivity contribution in [2.45, 2.75) is 26.8 Å². The largest absolute Gasteiger partial charge is 0.482 e. The molecule has 7 heteroatoms. The number of aryl methyl sites for hydroxylation is 2. The van der Waals surface area contributed by atoms with Gasteiger partial charge in [0.05, 0.1) is 17.4 Å². The average molecular weight is 315 g/mol. The van der Waals surface area contributed by atoms with E-state index in [2.05, 4.69) is 15.8 Å². The van der Waals surface area contributed by atoms with Crippen LogP contribution in [0.2, 0.25) is 0 Å². The van der Waals surface area contributed by atoms with E-state index in [1.165, 1.54) is 0 Å². The molecular weight excluding hydrogens is 298 g/mol. The van der Waals surface area contributed by atoms with Crippen molar-refractivity contribution in [2.75, 3.05) is 11.9 Å². The predicted octanol–water partition coefficient (Wildman–Crippen LogP) is 2.11. The minimum atomic E-state index is -0.250. The lowest BCUT2D eigenvalue weighted by molar-refractivity contribution is -0.118. The first kappa shape index (κ1) is 15.1. The van der Waals surface area contributed by atoms with Crippen LogP contribution in [0.25, 0.3) is 0 Å². The highest BCUT2D eigenvalue weighted by Crippen LogP contribution is 2.30. The molecule has 3 rings (SSSR count). The molecule has 0 spiro atoms. The van der Waals surface area contributed by atoms with Crippen LogP contribution < -0.4 is 15.4 Å². The Hall–Kier alpha value is -2.83. The molecule has 2 N–H and O–H groups in total. The number of rotatable bonds is 3. The number of aromatic nitrogens is 1. The summed E-state index contributed by atoms with van der Waals surface area (Å²) in [6.07, 6.45) is 0. The summed E-state index contributed by atoms with van der Waals surface area (Å²) in [6.45, 7) is 5.31. The highest BCUT2D eigenvalue weighted by atomic mass is 16.5. The van der Waals surface area contributed by atoms with Crippen molar-refractivity contribution < 1.29 is 18.8 Å². The minimum Gasteiger partial charge on any atom is -0.482 e. The fraction of sp³-hybridized carbons (Fsp3) is 0.312. The summed E-state index contributed by atoms with van der Waals surface area (Å²) in [4.78, 5) is 23.8. The van der Waals surface area contributed by atoms with E-state index in [1.54, 1.807) is 26.0 Å². The van der Waals surface area contributed by atoms with E-state index in [-0.39, 0.29) is 24.5 Å². The molecule has 0 saturated carbocycles. The highest BCUT2D eigenvalue weighted by Gasteiger charge is 2.21. The van der Waals surface area contributed by atoms with Gasteiger partial charge >= 0.3 is 0 Å². The second-order valence-electron chi connectivity index (χ2n) is 5.49. The van der Waals surface area contributed by atoms with Crippen LogP contribution in [-0.4, -0.2) is 23.6 Å². The molecule has 2 amide bonds. The molecule has 0 fully saturated rings. The first-order valence-electron chi connectivity index (χ1n) is 7.26. The number of amides is 2. The third-order valence-electron chi connectivity index (χ3n) is 3.74. The lowest BCUT2D eigenvalue weighted by Crippen LogP contribution is -2.28. The van der Waals surface area contributed by atoms with Gasteiger partial charge in [0.2, 0.25) is 0 Å². The monoisotopic (exact) mass is 315 g/mol. The number of benzene rings is 1. The summed E-state index contributed by atoms with van der Waals surface area (Å²) in [5, 5.41) is 9.44. The third kappa shape index (κ3) is 2.90. The molecule has 1 aliphatic heterocycles. The van der Waals surface area contributed by atoms with Crippen LogP contribution in [0.4, 0.5) is 5.69 Å². The van der Waals surface area contributed by atoms with Crippen molar-refractivity contribution in [3.05, 3.63) is 40.8 Å². The Kier molecular flexibility index (Phi) is 3.77. The van der Waals surface area contributed by atoms with E-state index in [4.69, 9.17) is 9.26 Å². The molecule has 1 aromatic heterocycles. The molecule has 1 atom stereocenters. The SMILES string of the molecule is Cc1noc(C)c1C(=O)NC(C)c1ccc2c(c1)NC(=O)CO2. The zero-order chi connectivity index (χ0) is 16.6. The molecule has 1 unspecified atom stereocenters. The Morgan fingerprint density at radius 1 is 1.39 bits per heavy atom. The Labute approximate surface area is 133 Å². The molecule has 0 aliphatic carbocycles. The minimum absolute atomic E-state index is 0.0185. The number of anilines is 1. The number of fused-ring (bicyclic) bond motifs is 1. The van der Waals surface area contributed by atoms with Crippen molar-refractivity contribution in [1.82, 2.24) is 10.5 Å². The molecule has 7 nitrogen and oxygen atoms in total. The maximum absolute atomic E-state index is 12.4. The Morgan fingerprint density at radius 3 is 2.87 bits per heavy atom. The molecule has 0 radical (unpaired) electrons. The van der Waals surface area contributed by atoms with Gasteiger partial charge in [-0.25, -0.2) is 0 Å². The normalized spacial score (nSPS) is 14.5. The Morgan fingerprint density at radius 2 is 2.17 bits per heavy atom. The molecule has 2 heterocycles. The molecule has 2 aromatic rings. The van der Waals surface area contributed by atoms with Crippen LogP contribution in [0.1, 0.15) is 40.3 Å². The lowest BCUT2D eigenvalue weighted by atomic mass is 10.1. The van der Waals surface area contributed by atoms with Gasteiger partial charge in [0.15, 0.2) is 6.61 Å². The van der Waals surface area contributed by atoms with Gasteiger partial charge in [-0.05, 0) is 38.5 Å². The van der Waals surface area contributed by atoms with E-state index >= 15 is 0 Å². The van der Waals surface area contributed by atoms with Crippen LogP contribution in [-0.2, 0) is 4.79 Å². The maximum atomic E-state index is 12.4. The number of ether oxygens (including phenoxy) is 1. The standard InChI is InChI=1S/C16H17N3O4/c1-8(17-16(21)15-9(2)19-23-10(15)3)11-4-5-13-12(6-11)18-14(20)7-22-13/h4-6,8H,7H2,1-3H3,(H,17,21)(H,18,20). The average Bonchev–Trinajstić information content (AvgIpc) is 2.85. The molecule has 0 bridgehead atoms. The fourth-order valence-corrected chi connectivity index (χ4v) is 2.53. The molecule has 120 valence electrons. The number of hydrogen-bond acceptors (Lipinski definition) is 5. The van der Waals surface area contributed by atoms with Gasteiger partial charge in [0.1, 0.15) is 17.1 Å². The van der Waals surface area contributed by atoms with Gasteiger partial charge in [-0.3, -0.25) is 9.59 Å². The predicted molar refractivity (Wildman–Crippen MR) is 82.4 cm³/mol. The number of carbonyl (C=O) groups is 2. The first-order valence-corrected chi connectivity index (χ1v) is 7.26. The van der Waals surface area contributed by atoms with Gasteiger partial charge in [-0.2, -0.15) is 0 Å².